The van der Waals surface area contributed by atoms with Gasteiger partial charge < -0.3 is 14.3 Å². The summed E-state index contributed by atoms with van der Waals surface area (Å²) in [7, 11) is 4.00. The maximum Gasteiger partial charge on any atom is 0.316 e. The van der Waals surface area contributed by atoms with Crippen molar-refractivity contribution < 1.29 is 9.32 Å². The minimum atomic E-state index is -0.209. The van der Waals surface area contributed by atoms with Gasteiger partial charge >= 0.3 is 11.8 Å². The number of hydrogen-bond donors (Lipinski definition) is 0. The summed E-state index contributed by atoms with van der Waals surface area (Å²) in [4.78, 5) is 20.8. The number of rotatable bonds is 4. The highest BCUT2D eigenvalue weighted by molar-refractivity contribution is 5.89. The molecule has 0 spiro atoms. The smallest absolute Gasteiger partial charge is 0.316 e. The van der Waals surface area contributed by atoms with E-state index in [1.807, 2.05) is 20.3 Å². The molecule has 2 fully saturated rings. The molecule has 3 heterocycles. The van der Waals surface area contributed by atoms with E-state index in [4.69, 9.17) is 4.52 Å². The molecule has 0 N–H and O–H groups in total. The highest BCUT2D eigenvalue weighted by Crippen LogP contribution is 2.38. The van der Waals surface area contributed by atoms with E-state index >= 15 is 0 Å². The number of aromatic nitrogens is 5. The first-order valence-corrected chi connectivity index (χ1v) is 7.78. The molecule has 1 aliphatic carbocycles. The standard InChI is InChI=1S/C14H19N7O2/c1-19(2)10-7-20(8-11(10)21-6-5-15-18-21)14(22)13-16-12(17-23-13)9-3-4-9/h5-6,9-11H,3-4,7-8H2,1-2H3/t10-,11+/m1/s1. The predicted molar refractivity (Wildman–Crippen MR) is 78.7 cm³/mol. The van der Waals surface area contributed by atoms with Gasteiger partial charge in [0.25, 0.3) is 0 Å². The molecule has 2 aromatic heterocycles. The lowest BCUT2D eigenvalue weighted by Crippen LogP contribution is -2.37. The SMILES string of the molecule is CN(C)[C@@H]1CN(C(=O)c2nc(C3CC3)no2)C[C@@H]1n1ccnn1. The van der Waals surface area contributed by atoms with Gasteiger partial charge in [0.15, 0.2) is 5.82 Å². The Morgan fingerprint density at radius 3 is 2.83 bits per heavy atom. The molecular weight excluding hydrogens is 298 g/mol. The summed E-state index contributed by atoms with van der Waals surface area (Å²) in [6.07, 6.45) is 5.63. The first-order chi connectivity index (χ1) is 11.1. The Labute approximate surface area is 133 Å². The van der Waals surface area contributed by atoms with E-state index in [2.05, 4.69) is 25.4 Å². The molecule has 4 rings (SSSR count). The molecule has 1 saturated carbocycles. The van der Waals surface area contributed by atoms with Gasteiger partial charge in [0, 0.05) is 25.2 Å². The van der Waals surface area contributed by atoms with Crippen LogP contribution in [0.5, 0.6) is 0 Å². The average molecular weight is 317 g/mol. The molecule has 1 aliphatic heterocycles. The van der Waals surface area contributed by atoms with Crippen molar-refractivity contribution >= 4 is 5.91 Å². The van der Waals surface area contributed by atoms with Crippen molar-refractivity contribution in [1.29, 1.82) is 0 Å². The molecule has 2 aliphatic rings. The van der Waals surface area contributed by atoms with E-state index in [9.17, 15) is 4.79 Å². The number of likely N-dealkylation sites (tertiary alicyclic amines) is 1. The Morgan fingerprint density at radius 1 is 1.35 bits per heavy atom. The molecule has 2 atom stereocenters. The van der Waals surface area contributed by atoms with Crippen LogP contribution in [0.4, 0.5) is 0 Å². The molecule has 0 radical (unpaired) electrons. The third-order valence-electron chi connectivity index (χ3n) is 4.56. The summed E-state index contributed by atoms with van der Waals surface area (Å²) in [5.74, 6) is 0.906. The second kappa shape index (κ2) is 5.41. The van der Waals surface area contributed by atoms with Crippen LogP contribution in [0.2, 0.25) is 0 Å². The number of hydrogen-bond acceptors (Lipinski definition) is 7. The summed E-state index contributed by atoms with van der Waals surface area (Å²) in [5, 5.41) is 11.9. The molecule has 0 unspecified atom stereocenters. The fourth-order valence-electron chi connectivity index (χ4n) is 3.06. The number of nitrogens with zero attached hydrogens (tertiary/aromatic N) is 7. The van der Waals surface area contributed by atoms with Crippen LogP contribution in [-0.4, -0.2) is 74.1 Å². The lowest BCUT2D eigenvalue weighted by molar-refractivity contribution is 0.0731. The van der Waals surface area contributed by atoms with Gasteiger partial charge in [-0.1, -0.05) is 10.4 Å². The van der Waals surface area contributed by atoms with E-state index in [0.717, 1.165) is 12.8 Å². The van der Waals surface area contributed by atoms with Gasteiger partial charge in [-0.2, -0.15) is 4.98 Å². The normalized spacial score (nSPS) is 24.6. The molecule has 9 nitrogen and oxygen atoms in total. The number of carbonyl (C=O) groups excluding carboxylic acids is 1. The molecule has 0 bridgehead atoms. The Morgan fingerprint density at radius 2 is 2.17 bits per heavy atom. The van der Waals surface area contributed by atoms with Crippen LogP contribution in [0.25, 0.3) is 0 Å². The van der Waals surface area contributed by atoms with Crippen LogP contribution >= 0.6 is 0 Å². The van der Waals surface area contributed by atoms with E-state index in [0.29, 0.717) is 24.8 Å². The van der Waals surface area contributed by atoms with E-state index < -0.39 is 0 Å². The highest BCUT2D eigenvalue weighted by Gasteiger charge is 2.40. The Bertz CT molecular complexity index is 692. The Balaban J connectivity index is 1.53. The van der Waals surface area contributed by atoms with Gasteiger partial charge in [0.2, 0.25) is 0 Å². The maximum absolute atomic E-state index is 12.7. The summed E-state index contributed by atoms with van der Waals surface area (Å²) in [6.45, 7) is 1.14. The second-order valence-electron chi connectivity index (χ2n) is 6.42. The zero-order chi connectivity index (χ0) is 16.0. The van der Waals surface area contributed by atoms with Crippen molar-refractivity contribution in [3.05, 3.63) is 24.1 Å². The first kappa shape index (κ1) is 14.3. The Kier molecular flexibility index (Phi) is 3.37. The van der Waals surface area contributed by atoms with Crippen molar-refractivity contribution in [3.8, 4) is 0 Å². The van der Waals surface area contributed by atoms with Gasteiger partial charge in [0.05, 0.1) is 18.3 Å². The van der Waals surface area contributed by atoms with Crippen molar-refractivity contribution in [2.45, 2.75) is 30.8 Å². The summed E-state index contributed by atoms with van der Waals surface area (Å²) in [6, 6.07) is 0.216. The summed E-state index contributed by atoms with van der Waals surface area (Å²) < 4.78 is 6.97. The van der Waals surface area contributed by atoms with Crippen molar-refractivity contribution in [2.24, 2.45) is 0 Å². The fourth-order valence-corrected chi connectivity index (χ4v) is 3.06. The predicted octanol–water partition coefficient (Wildman–Crippen LogP) is 0.166. The number of amides is 1. The van der Waals surface area contributed by atoms with E-state index in [1.165, 1.54) is 0 Å². The van der Waals surface area contributed by atoms with Crippen molar-refractivity contribution in [1.82, 2.24) is 34.9 Å². The lowest BCUT2D eigenvalue weighted by atomic mass is 10.1. The zero-order valence-electron chi connectivity index (χ0n) is 13.2. The van der Waals surface area contributed by atoms with Gasteiger partial charge in [0.1, 0.15) is 0 Å². The first-order valence-electron chi connectivity index (χ1n) is 7.78. The van der Waals surface area contributed by atoms with E-state index in [1.54, 1.807) is 15.8 Å². The fraction of sp³-hybridized carbons (Fsp3) is 0.643. The van der Waals surface area contributed by atoms with Gasteiger partial charge in [-0.3, -0.25) is 4.79 Å². The van der Waals surface area contributed by atoms with Crippen LogP contribution in [0.3, 0.4) is 0 Å². The third-order valence-corrected chi connectivity index (χ3v) is 4.56. The van der Waals surface area contributed by atoms with Crippen LogP contribution in [0.15, 0.2) is 16.9 Å². The molecule has 9 heteroatoms. The molecule has 0 aromatic carbocycles. The molecule has 1 amide bonds. The minimum absolute atomic E-state index is 0.0577. The van der Waals surface area contributed by atoms with Crippen molar-refractivity contribution in [2.75, 3.05) is 27.2 Å². The van der Waals surface area contributed by atoms with Crippen LogP contribution in [0.1, 0.15) is 41.3 Å². The third kappa shape index (κ3) is 2.61. The van der Waals surface area contributed by atoms with Gasteiger partial charge in [-0.05, 0) is 26.9 Å². The average Bonchev–Trinajstić information content (AvgIpc) is 3.03. The monoisotopic (exact) mass is 317 g/mol. The number of carbonyl (C=O) groups is 1. The largest absolute Gasteiger partial charge is 0.331 e. The molecule has 1 saturated heterocycles. The summed E-state index contributed by atoms with van der Waals surface area (Å²) in [5.41, 5.74) is 0. The van der Waals surface area contributed by atoms with Crippen molar-refractivity contribution in [3.63, 3.8) is 0 Å². The topological polar surface area (TPSA) is 93.2 Å². The Hall–Kier alpha value is -2.29. The molecule has 2 aromatic rings. The van der Waals surface area contributed by atoms with Gasteiger partial charge in [-0.15, -0.1) is 5.10 Å². The van der Waals surface area contributed by atoms with E-state index in [-0.39, 0.29) is 23.9 Å². The molecule has 23 heavy (non-hydrogen) atoms. The molecular formula is C14H19N7O2. The summed E-state index contributed by atoms with van der Waals surface area (Å²) >= 11 is 0. The van der Waals surface area contributed by atoms with Crippen LogP contribution in [0, 0.1) is 0 Å². The van der Waals surface area contributed by atoms with Gasteiger partial charge in [-0.25, -0.2) is 4.68 Å². The highest BCUT2D eigenvalue weighted by atomic mass is 16.5. The maximum atomic E-state index is 12.7. The molecule has 122 valence electrons. The van der Waals surface area contributed by atoms with Crippen LogP contribution in [-0.2, 0) is 0 Å². The minimum Gasteiger partial charge on any atom is -0.331 e. The number of likely N-dealkylation sites (N-methyl/N-ethyl adjacent to an activating group) is 1. The second-order valence-corrected chi connectivity index (χ2v) is 6.42. The van der Waals surface area contributed by atoms with Crippen LogP contribution < -0.4 is 0 Å². The zero-order valence-corrected chi connectivity index (χ0v) is 13.2. The lowest BCUT2D eigenvalue weighted by Gasteiger charge is -2.24. The quantitative estimate of drug-likeness (QED) is 0.793.